The van der Waals surface area contributed by atoms with Crippen molar-refractivity contribution < 1.29 is 59.1 Å². The number of rotatable bonds is 7. The van der Waals surface area contributed by atoms with Gasteiger partial charge in [0.25, 0.3) is 0 Å². The van der Waals surface area contributed by atoms with Gasteiger partial charge in [-0.15, -0.1) is 0 Å². The molecule has 0 radical (unpaired) electrons. The number of nitrogens with zero attached hydrogens (tertiary/aromatic N) is 4. The summed E-state index contributed by atoms with van der Waals surface area (Å²) in [5.74, 6) is 0. The van der Waals surface area contributed by atoms with Crippen molar-refractivity contribution in [3.8, 4) is 0 Å². The van der Waals surface area contributed by atoms with E-state index in [1.807, 2.05) is 0 Å². The first kappa shape index (κ1) is 21.5. The first-order chi connectivity index (χ1) is 9.59. The maximum atomic E-state index is 11.2. The number of aromatic amines is 2. The van der Waals surface area contributed by atoms with Gasteiger partial charge in [-0.25, -0.2) is 0 Å². The molecule has 0 saturated carbocycles. The van der Waals surface area contributed by atoms with Crippen molar-refractivity contribution in [3.63, 3.8) is 0 Å². The Morgan fingerprint density at radius 1 is 0.682 bits per heavy atom. The predicted molar refractivity (Wildman–Crippen MR) is 67.8 cm³/mol. The molecule has 12 heteroatoms. The minimum Gasteiger partial charge on any atom is -0.363 e. The second-order valence-electron chi connectivity index (χ2n) is 4.34. The summed E-state index contributed by atoms with van der Waals surface area (Å²) < 4.78 is 2.08. The van der Waals surface area contributed by atoms with Gasteiger partial charge in [0.1, 0.15) is 0 Å². The van der Waals surface area contributed by atoms with Crippen LogP contribution in [0, 0.1) is 0 Å². The van der Waals surface area contributed by atoms with Crippen molar-refractivity contribution in [2.75, 3.05) is 0 Å². The van der Waals surface area contributed by atoms with Crippen molar-refractivity contribution in [1.82, 2.24) is 29.5 Å². The number of unbranched alkanes of at least 4 members (excludes halogenated alkanes) is 3. The van der Waals surface area contributed by atoms with Gasteiger partial charge in [0.05, 0.1) is 0 Å². The summed E-state index contributed by atoms with van der Waals surface area (Å²) in [5, 5.41) is 10.7. The standard InChI is InChI=1S/C10H16N6O4.2Na/c17-7-11-12-8(18)15(7)5-3-1-2-4-6-16-9(19)13-14-10(16)20;;/h1-6H2,(H4,11,12,13,14,17,18,19,20);;/q;2*+1/p-2. The van der Waals surface area contributed by atoms with Crippen molar-refractivity contribution in [3.05, 3.63) is 41.9 Å². The Bertz CT molecular complexity index is 657. The van der Waals surface area contributed by atoms with Crippen LogP contribution < -0.4 is 92.1 Å². The van der Waals surface area contributed by atoms with Crippen LogP contribution in [0.1, 0.15) is 25.7 Å². The van der Waals surface area contributed by atoms with Crippen LogP contribution in [0.25, 0.3) is 0 Å². The largest absolute Gasteiger partial charge is 1.00 e. The van der Waals surface area contributed by atoms with E-state index in [-0.39, 0.29) is 59.1 Å². The first-order valence-corrected chi connectivity index (χ1v) is 6.24. The second-order valence-corrected chi connectivity index (χ2v) is 4.34. The maximum absolute atomic E-state index is 11.2. The average molecular weight is 328 g/mol. The molecule has 0 fully saturated rings. The number of hydrogen-bond acceptors (Lipinski definition) is 4. The molecular formula is C10H14N6Na2O4. The second kappa shape index (κ2) is 10.3. The minimum absolute atomic E-state index is 0. The summed E-state index contributed by atoms with van der Waals surface area (Å²) >= 11 is 0. The molecule has 2 rings (SSSR count). The topological polar surface area (TPSA) is 138 Å². The van der Waals surface area contributed by atoms with Crippen molar-refractivity contribution in [1.29, 1.82) is 0 Å². The third kappa shape index (κ3) is 5.60. The molecule has 0 unspecified atom stereocenters. The summed E-state index contributed by atoms with van der Waals surface area (Å²) in [6, 6.07) is 0. The van der Waals surface area contributed by atoms with E-state index in [0.717, 1.165) is 22.0 Å². The van der Waals surface area contributed by atoms with Crippen LogP contribution in [0.15, 0.2) is 19.2 Å². The smallest absolute Gasteiger partial charge is 0.363 e. The molecule has 0 spiro atoms. The number of nitrogens with one attached hydrogen (secondary N) is 2. The minimum atomic E-state index is -0.573. The summed E-state index contributed by atoms with van der Waals surface area (Å²) in [6.07, 6.45) is 2.86. The monoisotopic (exact) mass is 328 g/mol. The third-order valence-electron chi connectivity index (χ3n) is 2.96. The van der Waals surface area contributed by atoms with Crippen LogP contribution >= 0.6 is 0 Å². The van der Waals surface area contributed by atoms with Crippen LogP contribution in [-0.2, 0) is 13.1 Å². The van der Waals surface area contributed by atoms with Crippen molar-refractivity contribution in [2.45, 2.75) is 38.8 Å². The molecule has 2 heterocycles. The maximum Gasteiger partial charge on any atom is 1.00 e. The molecule has 0 atom stereocenters. The average Bonchev–Trinajstić information content (AvgIpc) is 2.90. The Morgan fingerprint density at radius 3 is 1.32 bits per heavy atom. The zero-order chi connectivity index (χ0) is 14.5. The molecule has 10 nitrogen and oxygen atoms in total. The zero-order valence-corrected chi connectivity index (χ0v) is 16.7. The van der Waals surface area contributed by atoms with Gasteiger partial charge in [-0.2, -0.15) is 0 Å². The predicted octanol–water partition coefficient (Wildman–Crippen LogP) is -8.43. The van der Waals surface area contributed by atoms with Gasteiger partial charge in [0.2, 0.25) is 11.4 Å². The van der Waals surface area contributed by atoms with Crippen molar-refractivity contribution in [2.24, 2.45) is 0 Å². The molecule has 0 amide bonds. The Balaban J connectivity index is 0.00000220. The molecule has 0 aliphatic carbocycles. The fourth-order valence-electron chi connectivity index (χ4n) is 1.89. The van der Waals surface area contributed by atoms with Crippen LogP contribution in [0.4, 0.5) is 0 Å². The van der Waals surface area contributed by atoms with Gasteiger partial charge in [-0.05, 0) is 13.1 Å². The molecule has 0 aliphatic heterocycles. The van der Waals surface area contributed by atoms with Crippen LogP contribution in [-0.4, -0.2) is 19.3 Å². The number of aromatic nitrogens is 6. The zero-order valence-electron chi connectivity index (χ0n) is 12.7. The molecule has 22 heavy (non-hydrogen) atoms. The third-order valence-corrected chi connectivity index (χ3v) is 2.96. The van der Waals surface area contributed by atoms with Gasteiger partial charge in [0, 0.05) is 0 Å². The summed E-state index contributed by atoms with van der Waals surface area (Å²) in [5.41, 5.74) is -2.15. The molecule has 0 saturated heterocycles. The van der Waals surface area contributed by atoms with E-state index in [2.05, 4.69) is 20.4 Å². The molecule has 2 N–H and O–H groups in total. The van der Waals surface area contributed by atoms with E-state index in [1.54, 1.807) is 0 Å². The van der Waals surface area contributed by atoms with E-state index < -0.39 is 22.8 Å². The first-order valence-electron chi connectivity index (χ1n) is 6.24. The van der Waals surface area contributed by atoms with Crippen LogP contribution in [0.3, 0.4) is 0 Å². The Kier molecular flexibility index (Phi) is 10.0. The van der Waals surface area contributed by atoms with Gasteiger partial charge in [-0.3, -0.25) is 19.2 Å². The summed E-state index contributed by atoms with van der Waals surface area (Å²) in [7, 11) is 0. The molecule has 110 valence electrons. The molecule has 0 aromatic carbocycles. The molecule has 0 bridgehead atoms. The van der Waals surface area contributed by atoms with Gasteiger partial charge >= 0.3 is 59.1 Å². The molecule has 2 aromatic rings. The van der Waals surface area contributed by atoms with E-state index in [0.29, 0.717) is 25.9 Å². The molecule has 0 aliphatic rings. The molecule has 2 aromatic heterocycles. The van der Waals surface area contributed by atoms with E-state index in [4.69, 9.17) is 0 Å². The van der Waals surface area contributed by atoms with Crippen LogP contribution in [0.2, 0.25) is 0 Å². The number of H-pyrrole nitrogens is 2. The fourth-order valence-corrected chi connectivity index (χ4v) is 1.89. The van der Waals surface area contributed by atoms with Crippen molar-refractivity contribution >= 4 is 0 Å². The Morgan fingerprint density at radius 2 is 1.05 bits per heavy atom. The number of hydrogen-bond donors (Lipinski definition) is 2. The van der Waals surface area contributed by atoms with Crippen LogP contribution in [0.5, 0.6) is 0 Å². The summed E-state index contributed by atoms with van der Waals surface area (Å²) in [4.78, 5) is 44.6. The van der Waals surface area contributed by atoms with Gasteiger partial charge < -0.3 is 29.5 Å². The SMILES string of the molecule is O=c1[n-][nH]c(=O)n1CCCCCCn1c(=O)[n-][nH]c1=O.[Na+].[Na+]. The van der Waals surface area contributed by atoms with E-state index in [1.165, 1.54) is 0 Å². The fraction of sp³-hybridized carbons (Fsp3) is 0.600. The van der Waals surface area contributed by atoms with E-state index >= 15 is 0 Å². The molecular weight excluding hydrogens is 314 g/mol. The normalized spacial score (nSPS) is 10.0. The Labute approximate surface area is 168 Å². The quantitative estimate of drug-likeness (QED) is 0.382. The van der Waals surface area contributed by atoms with Gasteiger partial charge in [0.15, 0.2) is 11.4 Å². The summed E-state index contributed by atoms with van der Waals surface area (Å²) in [6.45, 7) is 0.624. The van der Waals surface area contributed by atoms with E-state index in [9.17, 15) is 19.2 Å². The van der Waals surface area contributed by atoms with Gasteiger partial charge in [-0.1, -0.05) is 25.7 Å². The Hall–Kier alpha value is -0.520.